The van der Waals surface area contributed by atoms with Gasteiger partial charge in [0.15, 0.2) is 0 Å². The predicted octanol–water partition coefficient (Wildman–Crippen LogP) is 5.88. The Morgan fingerprint density at radius 3 is 1.68 bits per heavy atom. The summed E-state index contributed by atoms with van der Waals surface area (Å²) in [5, 5.41) is 9.83. The minimum Gasteiger partial charge on any atom is -0.392 e. The third-order valence-corrected chi connectivity index (χ3v) is 4.90. The molecule has 0 aromatic heterocycles. The van der Waals surface area contributed by atoms with Crippen LogP contribution in [0.4, 0.5) is 17.1 Å². The van der Waals surface area contributed by atoms with Crippen molar-refractivity contribution in [2.75, 3.05) is 4.90 Å². The first kappa shape index (κ1) is 17.2. The highest BCUT2D eigenvalue weighted by molar-refractivity contribution is 5.79. The molecule has 0 unspecified atom stereocenters. The van der Waals surface area contributed by atoms with Crippen LogP contribution in [0.2, 0.25) is 0 Å². The number of hydrogen-bond acceptors (Lipinski definition) is 2. The largest absolute Gasteiger partial charge is 0.392 e. The van der Waals surface area contributed by atoms with Gasteiger partial charge in [-0.2, -0.15) is 0 Å². The number of aliphatic hydroxyl groups excluding tert-OH is 1. The average molecular weight is 331 g/mol. The zero-order chi connectivity index (χ0) is 18.0. The molecule has 0 aliphatic carbocycles. The Bertz CT molecular complexity index is 847. The van der Waals surface area contributed by atoms with E-state index in [0.29, 0.717) is 0 Å². The maximum atomic E-state index is 9.83. The summed E-state index contributed by atoms with van der Waals surface area (Å²) in [4.78, 5) is 2.23. The van der Waals surface area contributed by atoms with Crippen LogP contribution in [0.25, 0.3) is 0 Å². The number of benzene rings is 3. The van der Waals surface area contributed by atoms with Gasteiger partial charge in [0.1, 0.15) is 0 Å². The van der Waals surface area contributed by atoms with E-state index in [4.69, 9.17) is 0 Å². The third kappa shape index (κ3) is 3.45. The molecule has 0 atom stereocenters. The maximum Gasteiger partial charge on any atom is 0.0702 e. The summed E-state index contributed by atoms with van der Waals surface area (Å²) >= 11 is 0. The second kappa shape index (κ2) is 7.12. The minimum atomic E-state index is 0.0162. The SMILES string of the molecule is Cc1ccc(N(c2ccc(C)c(C)c2)c2ccccc2CO)cc1C. The number of rotatable bonds is 4. The van der Waals surface area contributed by atoms with Gasteiger partial charge in [-0.3, -0.25) is 0 Å². The Morgan fingerprint density at radius 1 is 0.680 bits per heavy atom. The van der Waals surface area contributed by atoms with Gasteiger partial charge < -0.3 is 10.0 Å². The molecule has 0 saturated carbocycles. The van der Waals surface area contributed by atoms with Crippen molar-refractivity contribution in [2.45, 2.75) is 34.3 Å². The van der Waals surface area contributed by atoms with E-state index in [1.54, 1.807) is 0 Å². The third-order valence-electron chi connectivity index (χ3n) is 4.90. The topological polar surface area (TPSA) is 23.5 Å². The van der Waals surface area contributed by atoms with Crippen molar-refractivity contribution in [2.24, 2.45) is 0 Å². The number of anilines is 3. The summed E-state index contributed by atoms with van der Waals surface area (Å²) in [6.07, 6.45) is 0. The van der Waals surface area contributed by atoms with E-state index < -0.39 is 0 Å². The summed E-state index contributed by atoms with van der Waals surface area (Å²) < 4.78 is 0. The van der Waals surface area contributed by atoms with E-state index in [-0.39, 0.29) is 6.61 Å². The van der Waals surface area contributed by atoms with E-state index >= 15 is 0 Å². The van der Waals surface area contributed by atoms with Crippen molar-refractivity contribution in [3.63, 3.8) is 0 Å². The van der Waals surface area contributed by atoms with Gasteiger partial charge >= 0.3 is 0 Å². The van der Waals surface area contributed by atoms with Gasteiger partial charge in [-0.05, 0) is 80.3 Å². The lowest BCUT2D eigenvalue weighted by molar-refractivity contribution is 0.282. The molecule has 0 radical (unpaired) electrons. The molecule has 0 saturated heterocycles. The fourth-order valence-electron chi connectivity index (χ4n) is 3.02. The van der Waals surface area contributed by atoms with Crippen LogP contribution >= 0.6 is 0 Å². The second-order valence-corrected chi connectivity index (χ2v) is 6.66. The first-order chi connectivity index (χ1) is 12.0. The lowest BCUT2D eigenvalue weighted by atomic mass is 10.0. The van der Waals surface area contributed by atoms with Crippen molar-refractivity contribution in [1.29, 1.82) is 0 Å². The molecule has 3 aromatic rings. The Balaban J connectivity index is 2.23. The number of nitrogens with zero attached hydrogens (tertiary/aromatic N) is 1. The van der Waals surface area contributed by atoms with Crippen LogP contribution < -0.4 is 4.90 Å². The Morgan fingerprint density at radius 2 is 1.20 bits per heavy atom. The highest BCUT2D eigenvalue weighted by Gasteiger charge is 2.16. The zero-order valence-electron chi connectivity index (χ0n) is 15.4. The number of hydrogen-bond donors (Lipinski definition) is 1. The molecule has 25 heavy (non-hydrogen) atoms. The summed E-state index contributed by atoms with van der Waals surface area (Å²) in [6, 6.07) is 21.0. The maximum absolute atomic E-state index is 9.83. The van der Waals surface area contributed by atoms with E-state index in [2.05, 4.69) is 75.1 Å². The standard InChI is InChI=1S/C23H25NO/c1-16-9-11-21(13-18(16)3)24(22-12-10-17(2)19(4)14-22)23-8-6-5-7-20(23)15-25/h5-14,25H,15H2,1-4H3. The molecule has 0 fully saturated rings. The van der Waals surface area contributed by atoms with Gasteiger partial charge in [0.2, 0.25) is 0 Å². The lowest BCUT2D eigenvalue weighted by Gasteiger charge is -2.28. The molecule has 0 spiro atoms. The Hall–Kier alpha value is -2.58. The number of para-hydroxylation sites is 1. The molecule has 0 amide bonds. The summed E-state index contributed by atoms with van der Waals surface area (Å²) in [7, 11) is 0. The lowest BCUT2D eigenvalue weighted by Crippen LogP contribution is -2.13. The quantitative estimate of drug-likeness (QED) is 0.645. The van der Waals surface area contributed by atoms with Crippen molar-refractivity contribution in [3.8, 4) is 0 Å². The van der Waals surface area contributed by atoms with E-state index in [1.807, 2.05) is 18.2 Å². The number of aliphatic hydroxyl groups is 1. The molecule has 2 nitrogen and oxygen atoms in total. The molecule has 2 heteroatoms. The first-order valence-corrected chi connectivity index (χ1v) is 8.64. The second-order valence-electron chi connectivity index (χ2n) is 6.66. The average Bonchev–Trinajstić information content (AvgIpc) is 2.62. The molecule has 0 aliphatic rings. The number of aryl methyl sites for hydroxylation is 4. The fraction of sp³-hybridized carbons (Fsp3) is 0.217. The predicted molar refractivity (Wildman–Crippen MR) is 106 cm³/mol. The van der Waals surface area contributed by atoms with E-state index in [1.165, 1.54) is 22.3 Å². The molecule has 0 aliphatic heterocycles. The van der Waals surface area contributed by atoms with Crippen LogP contribution in [-0.4, -0.2) is 5.11 Å². The normalized spacial score (nSPS) is 10.8. The first-order valence-electron chi connectivity index (χ1n) is 8.64. The molecule has 0 bridgehead atoms. The van der Waals surface area contributed by atoms with E-state index in [0.717, 1.165) is 22.6 Å². The van der Waals surface area contributed by atoms with Crippen molar-refractivity contribution < 1.29 is 5.11 Å². The fourth-order valence-corrected chi connectivity index (χ4v) is 3.02. The van der Waals surface area contributed by atoms with Crippen molar-refractivity contribution in [1.82, 2.24) is 0 Å². The van der Waals surface area contributed by atoms with E-state index in [9.17, 15) is 5.11 Å². The van der Waals surface area contributed by atoms with Gasteiger partial charge in [-0.25, -0.2) is 0 Å². The van der Waals surface area contributed by atoms with Crippen molar-refractivity contribution in [3.05, 3.63) is 88.5 Å². The van der Waals surface area contributed by atoms with Crippen LogP contribution in [0.5, 0.6) is 0 Å². The molecule has 3 aromatic carbocycles. The summed E-state index contributed by atoms with van der Waals surface area (Å²) in [5.41, 5.74) is 9.20. The molecular formula is C23H25NO. The van der Waals surface area contributed by atoms with Gasteiger partial charge in [-0.1, -0.05) is 30.3 Å². The van der Waals surface area contributed by atoms with Gasteiger partial charge in [0.25, 0.3) is 0 Å². The smallest absolute Gasteiger partial charge is 0.0702 e. The zero-order valence-corrected chi connectivity index (χ0v) is 15.4. The molecule has 0 heterocycles. The highest BCUT2D eigenvalue weighted by Crippen LogP contribution is 2.38. The van der Waals surface area contributed by atoms with Crippen LogP contribution in [0, 0.1) is 27.7 Å². The minimum absolute atomic E-state index is 0.0162. The van der Waals surface area contributed by atoms with Gasteiger partial charge in [-0.15, -0.1) is 0 Å². The molecule has 128 valence electrons. The molecule has 1 N–H and O–H groups in total. The summed E-state index contributed by atoms with van der Waals surface area (Å²) in [6.45, 7) is 8.54. The summed E-state index contributed by atoms with van der Waals surface area (Å²) in [5.74, 6) is 0. The van der Waals surface area contributed by atoms with Crippen LogP contribution in [0.15, 0.2) is 60.7 Å². The highest BCUT2D eigenvalue weighted by atomic mass is 16.3. The monoisotopic (exact) mass is 331 g/mol. The van der Waals surface area contributed by atoms with Gasteiger partial charge in [0.05, 0.1) is 12.3 Å². The van der Waals surface area contributed by atoms with Crippen LogP contribution in [0.1, 0.15) is 27.8 Å². The Kier molecular flexibility index (Phi) is 4.91. The van der Waals surface area contributed by atoms with Crippen LogP contribution in [-0.2, 0) is 6.61 Å². The van der Waals surface area contributed by atoms with Crippen LogP contribution in [0.3, 0.4) is 0 Å². The molecule has 3 rings (SSSR count). The van der Waals surface area contributed by atoms with Gasteiger partial charge in [0, 0.05) is 16.9 Å². The van der Waals surface area contributed by atoms with Crippen molar-refractivity contribution >= 4 is 17.1 Å². The molecular weight excluding hydrogens is 306 g/mol. The Labute approximate surface area is 150 Å².